The lowest BCUT2D eigenvalue weighted by molar-refractivity contribution is -0.138. The number of hydrogen-bond acceptors (Lipinski definition) is 4. The summed E-state index contributed by atoms with van der Waals surface area (Å²) in [7, 11) is 1.59. The normalized spacial score (nSPS) is 15.5. The third kappa shape index (κ3) is 4.25. The van der Waals surface area contributed by atoms with Gasteiger partial charge >= 0.3 is 0 Å². The van der Waals surface area contributed by atoms with Gasteiger partial charge in [0.1, 0.15) is 17.3 Å². The molecule has 6 heteroatoms. The highest BCUT2D eigenvalue weighted by Gasteiger charge is 2.26. The van der Waals surface area contributed by atoms with E-state index in [1.807, 2.05) is 17.0 Å². The standard InChI is InChI=1S/C20H23FN2O3/c1-15(26-19-5-3-4-18(14-19)25-2)20(24)23-12-10-22(11-13-23)17-8-6-16(21)7-9-17/h3-9,14-15H,10-13H2,1-2H3. The number of carbonyl (C=O) groups is 1. The van der Waals surface area contributed by atoms with Crippen molar-refractivity contribution < 1.29 is 18.7 Å². The molecule has 0 radical (unpaired) electrons. The highest BCUT2D eigenvalue weighted by atomic mass is 19.1. The Bertz CT molecular complexity index is 743. The first-order valence-electron chi connectivity index (χ1n) is 8.67. The summed E-state index contributed by atoms with van der Waals surface area (Å²) in [5.74, 6) is 1.02. The molecular formula is C20H23FN2O3. The van der Waals surface area contributed by atoms with Crippen molar-refractivity contribution in [3.05, 3.63) is 54.3 Å². The zero-order valence-corrected chi connectivity index (χ0v) is 15.0. The Kier molecular flexibility index (Phi) is 5.61. The number of anilines is 1. The molecule has 0 bridgehead atoms. The molecule has 0 aromatic heterocycles. The van der Waals surface area contributed by atoms with Crippen molar-refractivity contribution in [3.63, 3.8) is 0 Å². The molecule has 1 aliphatic rings. The quantitative estimate of drug-likeness (QED) is 0.824. The van der Waals surface area contributed by atoms with Crippen LogP contribution in [0, 0.1) is 5.82 Å². The minimum atomic E-state index is -0.570. The summed E-state index contributed by atoms with van der Waals surface area (Å²) in [5, 5.41) is 0. The average Bonchev–Trinajstić information content (AvgIpc) is 2.68. The van der Waals surface area contributed by atoms with Gasteiger partial charge in [-0.05, 0) is 43.3 Å². The summed E-state index contributed by atoms with van der Waals surface area (Å²) in [4.78, 5) is 16.6. The molecule has 0 aliphatic carbocycles. The van der Waals surface area contributed by atoms with Crippen LogP contribution >= 0.6 is 0 Å². The maximum absolute atomic E-state index is 13.0. The van der Waals surface area contributed by atoms with Crippen LogP contribution in [0.1, 0.15) is 6.92 Å². The molecule has 2 aromatic rings. The SMILES string of the molecule is COc1cccc(OC(C)C(=O)N2CCN(c3ccc(F)cc3)CC2)c1. The second-order valence-electron chi connectivity index (χ2n) is 6.23. The summed E-state index contributed by atoms with van der Waals surface area (Å²) in [6, 6.07) is 13.7. The molecule has 0 saturated carbocycles. The van der Waals surface area contributed by atoms with Crippen molar-refractivity contribution in [1.82, 2.24) is 4.90 Å². The van der Waals surface area contributed by atoms with Crippen LogP contribution < -0.4 is 14.4 Å². The minimum Gasteiger partial charge on any atom is -0.497 e. The highest BCUT2D eigenvalue weighted by molar-refractivity contribution is 5.81. The molecule has 1 unspecified atom stereocenters. The van der Waals surface area contributed by atoms with E-state index in [2.05, 4.69) is 4.90 Å². The Balaban J connectivity index is 1.54. The van der Waals surface area contributed by atoms with Gasteiger partial charge in [-0.2, -0.15) is 0 Å². The van der Waals surface area contributed by atoms with E-state index in [0.29, 0.717) is 37.7 Å². The number of piperazine rings is 1. The van der Waals surface area contributed by atoms with Crippen LogP contribution in [0.2, 0.25) is 0 Å². The van der Waals surface area contributed by atoms with Crippen molar-refractivity contribution in [2.45, 2.75) is 13.0 Å². The number of halogens is 1. The molecule has 3 rings (SSSR count). The van der Waals surface area contributed by atoms with Gasteiger partial charge in [0, 0.05) is 37.9 Å². The molecular weight excluding hydrogens is 335 g/mol. The first kappa shape index (κ1) is 18.0. The Morgan fingerprint density at radius 1 is 1.04 bits per heavy atom. The van der Waals surface area contributed by atoms with Crippen LogP contribution in [-0.4, -0.2) is 50.2 Å². The maximum atomic E-state index is 13.0. The second kappa shape index (κ2) is 8.08. The summed E-state index contributed by atoms with van der Waals surface area (Å²) < 4.78 is 24.0. The zero-order valence-electron chi connectivity index (χ0n) is 15.0. The molecule has 1 saturated heterocycles. The van der Waals surface area contributed by atoms with Crippen LogP contribution in [-0.2, 0) is 4.79 Å². The number of benzene rings is 2. The van der Waals surface area contributed by atoms with Gasteiger partial charge in [-0.25, -0.2) is 4.39 Å². The van der Waals surface area contributed by atoms with E-state index in [1.165, 1.54) is 12.1 Å². The van der Waals surface area contributed by atoms with Crippen molar-refractivity contribution in [3.8, 4) is 11.5 Å². The topological polar surface area (TPSA) is 42.0 Å². The average molecular weight is 358 g/mol. The Morgan fingerprint density at radius 3 is 2.35 bits per heavy atom. The first-order valence-corrected chi connectivity index (χ1v) is 8.67. The van der Waals surface area contributed by atoms with Crippen molar-refractivity contribution >= 4 is 11.6 Å². The Morgan fingerprint density at radius 2 is 1.69 bits per heavy atom. The highest BCUT2D eigenvalue weighted by Crippen LogP contribution is 2.21. The van der Waals surface area contributed by atoms with Crippen molar-refractivity contribution in [2.24, 2.45) is 0 Å². The fraction of sp³-hybridized carbons (Fsp3) is 0.350. The predicted octanol–water partition coefficient (Wildman–Crippen LogP) is 2.95. The predicted molar refractivity (Wildman–Crippen MR) is 98.3 cm³/mol. The van der Waals surface area contributed by atoms with Gasteiger partial charge in [0.25, 0.3) is 5.91 Å². The number of methoxy groups -OCH3 is 1. The van der Waals surface area contributed by atoms with Gasteiger partial charge in [0.2, 0.25) is 0 Å². The maximum Gasteiger partial charge on any atom is 0.263 e. The lowest BCUT2D eigenvalue weighted by atomic mass is 10.2. The summed E-state index contributed by atoms with van der Waals surface area (Å²) in [5.41, 5.74) is 0.971. The zero-order chi connectivity index (χ0) is 18.5. The number of ether oxygens (including phenoxy) is 2. The van der Waals surface area contributed by atoms with Gasteiger partial charge in [0.15, 0.2) is 6.10 Å². The van der Waals surface area contributed by atoms with Crippen LogP contribution in [0.3, 0.4) is 0 Å². The van der Waals surface area contributed by atoms with Gasteiger partial charge in [-0.1, -0.05) is 6.07 Å². The third-order valence-corrected chi connectivity index (χ3v) is 4.48. The largest absolute Gasteiger partial charge is 0.497 e. The van der Waals surface area contributed by atoms with Crippen molar-refractivity contribution in [2.75, 3.05) is 38.2 Å². The van der Waals surface area contributed by atoms with Crippen LogP contribution in [0.5, 0.6) is 11.5 Å². The molecule has 0 spiro atoms. The molecule has 1 atom stereocenters. The van der Waals surface area contributed by atoms with Gasteiger partial charge in [0.05, 0.1) is 7.11 Å². The van der Waals surface area contributed by atoms with E-state index in [1.54, 1.807) is 38.3 Å². The second-order valence-corrected chi connectivity index (χ2v) is 6.23. The van der Waals surface area contributed by atoms with Crippen LogP contribution in [0.15, 0.2) is 48.5 Å². The fourth-order valence-electron chi connectivity index (χ4n) is 3.02. The summed E-state index contributed by atoms with van der Waals surface area (Å²) in [6.07, 6.45) is -0.570. The molecule has 1 amide bonds. The summed E-state index contributed by atoms with van der Waals surface area (Å²) in [6.45, 7) is 4.41. The Hall–Kier alpha value is -2.76. The molecule has 1 aliphatic heterocycles. The molecule has 1 fully saturated rings. The van der Waals surface area contributed by atoms with E-state index in [0.717, 1.165) is 5.69 Å². The van der Waals surface area contributed by atoms with Gasteiger partial charge in [-0.3, -0.25) is 4.79 Å². The van der Waals surface area contributed by atoms with E-state index in [4.69, 9.17) is 9.47 Å². The third-order valence-electron chi connectivity index (χ3n) is 4.48. The number of nitrogens with zero attached hydrogens (tertiary/aromatic N) is 2. The smallest absolute Gasteiger partial charge is 0.263 e. The molecule has 0 N–H and O–H groups in total. The lowest BCUT2D eigenvalue weighted by Crippen LogP contribution is -2.52. The Labute approximate surface area is 152 Å². The molecule has 138 valence electrons. The van der Waals surface area contributed by atoms with Gasteiger partial charge < -0.3 is 19.3 Å². The number of hydrogen-bond donors (Lipinski definition) is 0. The van der Waals surface area contributed by atoms with Gasteiger partial charge in [-0.15, -0.1) is 0 Å². The summed E-state index contributed by atoms with van der Waals surface area (Å²) >= 11 is 0. The molecule has 26 heavy (non-hydrogen) atoms. The number of rotatable bonds is 5. The molecule has 2 aromatic carbocycles. The molecule has 5 nitrogen and oxygen atoms in total. The van der Waals surface area contributed by atoms with E-state index >= 15 is 0 Å². The number of amides is 1. The fourth-order valence-corrected chi connectivity index (χ4v) is 3.02. The lowest BCUT2D eigenvalue weighted by Gasteiger charge is -2.37. The monoisotopic (exact) mass is 358 g/mol. The van der Waals surface area contributed by atoms with E-state index < -0.39 is 6.10 Å². The van der Waals surface area contributed by atoms with Crippen molar-refractivity contribution in [1.29, 1.82) is 0 Å². The number of carbonyl (C=O) groups excluding carboxylic acids is 1. The van der Waals surface area contributed by atoms with Crippen LogP contribution in [0.4, 0.5) is 10.1 Å². The molecule has 1 heterocycles. The minimum absolute atomic E-state index is 0.0356. The van der Waals surface area contributed by atoms with Crippen LogP contribution in [0.25, 0.3) is 0 Å². The van der Waals surface area contributed by atoms with E-state index in [9.17, 15) is 9.18 Å². The first-order chi connectivity index (χ1) is 12.6. The van der Waals surface area contributed by atoms with E-state index in [-0.39, 0.29) is 11.7 Å².